The summed E-state index contributed by atoms with van der Waals surface area (Å²) in [5, 5.41) is 0. The molecule has 0 radical (unpaired) electrons. The number of nitrogens with zero attached hydrogens (tertiary/aromatic N) is 1. The molecule has 0 aliphatic carbocycles. The van der Waals surface area contributed by atoms with Gasteiger partial charge in [-0.25, -0.2) is 0 Å². The van der Waals surface area contributed by atoms with Gasteiger partial charge >= 0.3 is 0 Å². The predicted octanol–water partition coefficient (Wildman–Crippen LogP) is 1.84. The Labute approximate surface area is 118 Å². The maximum atomic E-state index is 11.5. The summed E-state index contributed by atoms with van der Waals surface area (Å²) in [5.74, 6) is 1.55. The predicted molar refractivity (Wildman–Crippen MR) is 81.6 cm³/mol. The van der Waals surface area contributed by atoms with Crippen LogP contribution in [-0.2, 0) is 10.8 Å². The van der Waals surface area contributed by atoms with Crippen LogP contribution >= 0.6 is 0 Å². The van der Waals surface area contributed by atoms with Crippen LogP contribution in [0, 0.1) is 6.92 Å². The zero-order valence-corrected chi connectivity index (χ0v) is 12.7. The molecule has 106 valence electrons. The van der Waals surface area contributed by atoms with Crippen molar-refractivity contribution in [3.8, 4) is 0 Å². The summed E-state index contributed by atoms with van der Waals surface area (Å²) >= 11 is 0. The van der Waals surface area contributed by atoms with Gasteiger partial charge in [0.25, 0.3) is 0 Å². The van der Waals surface area contributed by atoms with Gasteiger partial charge in [-0.15, -0.1) is 0 Å². The Balaban J connectivity index is 2.26. The molecular weight excluding hydrogens is 256 g/mol. The zero-order valence-electron chi connectivity index (χ0n) is 11.8. The first kappa shape index (κ1) is 14.7. The second kappa shape index (κ2) is 6.64. The van der Waals surface area contributed by atoms with Crippen molar-refractivity contribution in [1.29, 1.82) is 0 Å². The first-order valence-corrected chi connectivity index (χ1v) is 8.52. The second-order valence-electron chi connectivity index (χ2n) is 5.26. The fourth-order valence-electron chi connectivity index (χ4n) is 2.77. The number of hydrogen-bond acceptors (Lipinski definition) is 3. The molecule has 1 fully saturated rings. The third-order valence-corrected chi connectivity index (χ3v) is 5.27. The van der Waals surface area contributed by atoms with Crippen LogP contribution in [0.3, 0.4) is 0 Å². The van der Waals surface area contributed by atoms with Gasteiger partial charge in [0.15, 0.2) is 0 Å². The van der Waals surface area contributed by atoms with E-state index in [0.29, 0.717) is 0 Å². The number of rotatable bonds is 4. The average Bonchev–Trinajstić information content (AvgIpc) is 2.43. The summed E-state index contributed by atoms with van der Waals surface area (Å²) in [5.41, 5.74) is 8.98. The van der Waals surface area contributed by atoms with Crippen LogP contribution in [0.15, 0.2) is 24.3 Å². The van der Waals surface area contributed by atoms with E-state index in [1.807, 2.05) is 0 Å². The van der Waals surface area contributed by atoms with Gasteiger partial charge < -0.3 is 5.73 Å². The smallest absolute Gasteiger partial charge is 0.0502 e. The van der Waals surface area contributed by atoms with Crippen LogP contribution in [0.2, 0.25) is 0 Å². The van der Waals surface area contributed by atoms with Crippen LogP contribution in [-0.4, -0.2) is 39.7 Å². The Morgan fingerprint density at radius 3 is 2.53 bits per heavy atom. The molecule has 1 aliphatic heterocycles. The lowest BCUT2D eigenvalue weighted by atomic mass is 9.93. The normalized spacial score (nSPS) is 21.2. The van der Waals surface area contributed by atoms with Gasteiger partial charge in [-0.05, 0) is 24.5 Å². The first-order chi connectivity index (χ1) is 9.13. The van der Waals surface area contributed by atoms with E-state index in [2.05, 4.69) is 43.0 Å². The molecular formula is C15H24N2OS. The van der Waals surface area contributed by atoms with Crippen LogP contribution < -0.4 is 5.73 Å². The van der Waals surface area contributed by atoms with E-state index in [9.17, 15) is 4.21 Å². The van der Waals surface area contributed by atoms with E-state index in [1.165, 1.54) is 11.1 Å². The molecule has 1 aliphatic rings. The molecule has 3 nitrogen and oxygen atoms in total. The summed E-state index contributed by atoms with van der Waals surface area (Å²) in [6.07, 6.45) is 0.957. The zero-order chi connectivity index (χ0) is 13.8. The number of hydrogen-bond donors (Lipinski definition) is 1. The summed E-state index contributed by atoms with van der Waals surface area (Å²) in [6, 6.07) is 8.86. The van der Waals surface area contributed by atoms with Crippen LogP contribution in [0.4, 0.5) is 0 Å². The molecule has 0 amide bonds. The Kier molecular flexibility index (Phi) is 5.13. The minimum absolute atomic E-state index is 0.132. The van der Waals surface area contributed by atoms with E-state index in [4.69, 9.17) is 5.73 Å². The molecule has 1 aromatic rings. The summed E-state index contributed by atoms with van der Waals surface area (Å²) in [4.78, 5) is 2.41. The highest BCUT2D eigenvalue weighted by molar-refractivity contribution is 7.85. The molecule has 0 saturated carbocycles. The van der Waals surface area contributed by atoms with Crippen LogP contribution in [0.25, 0.3) is 0 Å². The lowest BCUT2D eigenvalue weighted by Gasteiger charge is -2.38. The topological polar surface area (TPSA) is 46.3 Å². The van der Waals surface area contributed by atoms with Crippen molar-refractivity contribution in [2.45, 2.75) is 32.4 Å². The van der Waals surface area contributed by atoms with Gasteiger partial charge in [0.2, 0.25) is 0 Å². The maximum absolute atomic E-state index is 11.5. The molecule has 2 atom stereocenters. The van der Waals surface area contributed by atoms with E-state index < -0.39 is 10.8 Å². The highest BCUT2D eigenvalue weighted by Gasteiger charge is 2.29. The number of aryl methyl sites for hydroxylation is 1. The molecule has 4 heteroatoms. The molecule has 1 saturated heterocycles. The molecule has 0 spiro atoms. The van der Waals surface area contributed by atoms with Crippen molar-refractivity contribution in [3.63, 3.8) is 0 Å². The quantitative estimate of drug-likeness (QED) is 0.915. The monoisotopic (exact) mass is 280 g/mol. The number of benzene rings is 1. The SMILES string of the molecule is CCC(N)C(c1ccccc1C)N1CCS(=O)CC1. The minimum atomic E-state index is -0.637. The van der Waals surface area contributed by atoms with Gasteiger partial charge in [0.1, 0.15) is 0 Å². The van der Waals surface area contributed by atoms with Crippen molar-refractivity contribution in [2.24, 2.45) is 5.73 Å². The minimum Gasteiger partial charge on any atom is -0.326 e. The van der Waals surface area contributed by atoms with E-state index in [0.717, 1.165) is 31.0 Å². The van der Waals surface area contributed by atoms with E-state index >= 15 is 0 Å². The lowest BCUT2D eigenvalue weighted by molar-refractivity contribution is 0.184. The van der Waals surface area contributed by atoms with Crippen LogP contribution in [0.1, 0.15) is 30.5 Å². The van der Waals surface area contributed by atoms with Crippen molar-refractivity contribution < 1.29 is 4.21 Å². The molecule has 2 unspecified atom stereocenters. The summed E-state index contributed by atoms with van der Waals surface area (Å²) in [7, 11) is -0.637. The van der Waals surface area contributed by atoms with Gasteiger partial charge in [-0.1, -0.05) is 31.2 Å². The maximum Gasteiger partial charge on any atom is 0.0502 e. The Hall–Kier alpha value is -0.710. The number of nitrogens with two attached hydrogens (primary N) is 1. The largest absolute Gasteiger partial charge is 0.326 e. The molecule has 19 heavy (non-hydrogen) atoms. The molecule has 1 aromatic carbocycles. The molecule has 2 rings (SSSR count). The van der Waals surface area contributed by atoms with E-state index in [1.54, 1.807) is 0 Å². The van der Waals surface area contributed by atoms with Crippen molar-refractivity contribution in [1.82, 2.24) is 4.90 Å². The fourth-order valence-corrected chi connectivity index (χ4v) is 3.85. The summed E-state index contributed by atoms with van der Waals surface area (Å²) < 4.78 is 11.5. The second-order valence-corrected chi connectivity index (χ2v) is 6.95. The average molecular weight is 280 g/mol. The standard InChI is InChI=1S/C15H24N2OS/c1-3-14(16)15(13-7-5-4-6-12(13)2)17-8-10-19(18)11-9-17/h4-7,14-15H,3,8-11,16H2,1-2H3. The third kappa shape index (κ3) is 3.44. The van der Waals surface area contributed by atoms with Gasteiger partial charge in [0, 0.05) is 41.4 Å². The van der Waals surface area contributed by atoms with Gasteiger partial charge in [-0.3, -0.25) is 9.11 Å². The van der Waals surface area contributed by atoms with Crippen molar-refractivity contribution in [3.05, 3.63) is 35.4 Å². The van der Waals surface area contributed by atoms with Crippen LogP contribution in [0.5, 0.6) is 0 Å². The van der Waals surface area contributed by atoms with Crippen molar-refractivity contribution >= 4 is 10.8 Å². The summed E-state index contributed by atoms with van der Waals surface area (Å²) in [6.45, 7) is 6.06. The Bertz CT molecular complexity index is 440. The highest BCUT2D eigenvalue weighted by atomic mass is 32.2. The molecule has 0 aromatic heterocycles. The third-order valence-electron chi connectivity index (χ3n) is 3.99. The van der Waals surface area contributed by atoms with E-state index in [-0.39, 0.29) is 12.1 Å². The Morgan fingerprint density at radius 2 is 1.95 bits per heavy atom. The highest BCUT2D eigenvalue weighted by Crippen LogP contribution is 2.28. The first-order valence-electron chi connectivity index (χ1n) is 7.03. The molecule has 1 heterocycles. The molecule has 2 N–H and O–H groups in total. The fraction of sp³-hybridized carbons (Fsp3) is 0.600. The van der Waals surface area contributed by atoms with Gasteiger partial charge in [-0.2, -0.15) is 0 Å². The molecule has 0 bridgehead atoms. The van der Waals surface area contributed by atoms with Crippen molar-refractivity contribution in [2.75, 3.05) is 24.6 Å². The van der Waals surface area contributed by atoms with Gasteiger partial charge in [0.05, 0.1) is 6.04 Å². The Morgan fingerprint density at radius 1 is 1.32 bits per heavy atom. The lowest BCUT2D eigenvalue weighted by Crippen LogP contribution is -2.47.